The highest BCUT2D eigenvalue weighted by Gasteiger charge is 2.19. The van der Waals surface area contributed by atoms with Gasteiger partial charge in [-0.15, -0.1) is 11.3 Å². The van der Waals surface area contributed by atoms with Crippen molar-refractivity contribution in [3.05, 3.63) is 16.1 Å². The summed E-state index contributed by atoms with van der Waals surface area (Å²) in [6.07, 6.45) is -2.97. The summed E-state index contributed by atoms with van der Waals surface area (Å²) < 4.78 is 23.8. The molecule has 1 heterocycles. The molecule has 78 valence electrons. The molecule has 0 bridgehead atoms. The van der Waals surface area contributed by atoms with Gasteiger partial charge in [0.1, 0.15) is 5.01 Å². The molecule has 0 radical (unpaired) electrons. The van der Waals surface area contributed by atoms with Gasteiger partial charge in [-0.2, -0.15) is 8.78 Å². The molecular formula is C8H10F2N2OS. The second-order valence-corrected chi connectivity index (χ2v) is 3.75. The van der Waals surface area contributed by atoms with E-state index in [9.17, 15) is 13.6 Å². The molecule has 1 atom stereocenters. The van der Waals surface area contributed by atoms with Crippen molar-refractivity contribution < 1.29 is 13.6 Å². The molecule has 1 N–H and O–H groups in total. The first-order valence-electron chi connectivity index (χ1n) is 4.01. The van der Waals surface area contributed by atoms with Gasteiger partial charge in [-0.3, -0.25) is 4.79 Å². The van der Waals surface area contributed by atoms with Gasteiger partial charge in [-0.1, -0.05) is 0 Å². The Morgan fingerprint density at radius 2 is 2.29 bits per heavy atom. The number of hydrogen-bond donors (Lipinski definition) is 1. The molecule has 0 saturated heterocycles. The number of carbonyl (C=O) groups is 1. The van der Waals surface area contributed by atoms with E-state index in [1.54, 1.807) is 12.3 Å². The molecule has 1 aromatic rings. The molecule has 0 aliphatic carbocycles. The molecule has 1 rings (SSSR count). The van der Waals surface area contributed by atoms with Gasteiger partial charge in [0.05, 0.1) is 6.04 Å². The molecule has 0 aliphatic rings. The summed E-state index contributed by atoms with van der Waals surface area (Å²) in [4.78, 5) is 14.7. The summed E-state index contributed by atoms with van der Waals surface area (Å²) in [6, 6.07) is -0.463. The van der Waals surface area contributed by atoms with Crippen LogP contribution in [0.2, 0.25) is 0 Å². The van der Waals surface area contributed by atoms with Crippen LogP contribution in [0.1, 0.15) is 23.7 Å². The van der Waals surface area contributed by atoms with Crippen LogP contribution in [0.5, 0.6) is 0 Å². The summed E-state index contributed by atoms with van der Waals surface area (Å²) in [6.45, 7) is 3.43. The van der Waals surface area contributed by atoms with Crippen LogP contribution in [-0.2, 0) is 4.79 Å². The number of amides is 1. The number of aromatic nitrogens is 1. The zero-order valence-corrected chi connectivity index (χ0v) is 8.57. The first-order valence-corrected chi connectivity index (χ1v) is 4.89. The Kier molecular flexibility index (Phi) is 3.51. The summed E-state index contributed by atoms with van der Waals surface area (Å²) >= 11 is 1.34. The van der Waals surface area contributed by atoms with Gasteiger partial charge in [-0.25, -0.2) is 4.98 Å². The Labute approximate surface area is 84.2 Å². The first-order chi connectivity index (χ1) is 6.50. The fourth-order valence-corrected chi connectivity index (χ4v) is 1.71. The number of hydrogen-bond acceptors (Lipinski definition) is 3. The van der Waals surface area contributed by atoms with Crippen molar-refractivity contribution in [2.24, 2.45) is 0 Å². The predicted octanol–water partition coefficient (Wildman–Crippen LogP) is 1.89. The number of alkyl halides is 2. The van der Waals surface area contributed by atoms with E-state index in [1.165, 1.54) is 11.3 Å². The lowest BCUT2D eigenvalue weighted by atomic mass is 10.3. The van der Waals surface area contributed by atoms with E-state index in [0.29, 0.717) is 5.01 Å². The topological polar surface area (TPSA) is 42.0 Å². The second kappa shape index (κ2) is 4.45. The molecule has 14 heavy (non-hydrogen) atoms. The van der Waals surface area contributed by atoms with Crippen molar-refractivity contribution in [1.29, 1.82) is 0 Å². The third-order valence-corrected chi connectivity index (χ3v) is 2.71. The van der Waals surface area contributed by atoms with E-state index in [4.69, 9.17) is 0 Å². The molecule has 6 heteroatoms. The lowest BCUT2D eigenvalue weighted by molar-refractivity contribution is -0.132. The summed E-state index contributed by atoms with van der Waals surface area (Å²) in [5.41, 5.74) is 0.822. The number of nitrogens with zero attached hydrogens (tertiary/aromatic N) is 1. The van der Waals surface area contributed by atoms with Crippen molar-refractivity contribution in [1.82, 2.24) is 10.3 Å². The van der Waals surface area contributed by atoms with Gasteiger partial charge in [-0.05, 0) is 13.8 Å². The number of halogens is 2. The minimum Gasteiger partial charge on any atom is -0.342 e. The third-order valence-electron chi connectivity index (χ3n) is 1.56. The molecule has 1 aromatic heterocycles. The molecule has 3 nitrogen and oxygen atoms in total. The normalized spacial score (nSPS) is 12.9. The quantitative estimate of drug-likeness (QED) is 0.845. The molecule has 0 saturated carbocycles. The van der Waals surface area contributed by atoms with Gasteiger partial charge in [0.25, 0.3) is 5.91 Å². The Morgan fingerprint density at radius 1 is 1.64 bits per heavy atom. The molecule has 1 amide bonds. The molecule has 0 aliphatic heterocycles. The third kappa shape index (κ3) is 2.73. The number of aryl methyl sites for hydroxylation is 1. The Morgan fingerprint density at radius 3 is 2.71 bits per heavy atom. The minimum atomic E-state index is -2.97. The van der Waals surface area contributed by atoms with E-state index in [2.05, 4.69) is 10.3 Å². The number of carbonyl (C=O) groups excluding carboxylic acids is 1. The van der Waals surface area contributed by atoms with Gasteiger partial charge < -0.3 is 5.32 Å². The smallest absolute Gasteiger partial charge is 0.315 e. The molecule has 1 unspecified atom stereocenters. The Hall–Kier alpha value is -1.04. The number of nitrogens with one attached hydrogen (secondary N) is 1. The van der Waals surface area contributed by atoms with Crippen LogP contribution in [0.15, 0.2) is 5.38 Å². The SMILES string of the molecule is Cc1csc(C(C)NC(=O)C(F)F)n1. The summed E-state index contributed by atoms with van der Waals surface area (Å²) in [5, 5.41) is 4.61. The maximum Gasteiger partial charge on any atom is 0.315 e. The zero-order chi connectivity index (χ0) is 10.7. The fraction of sp³-hybridized carbons (Fsp3) is 0.500. The highest BCUT2D eigenvalue weighted by molar-refractivity contribution is 7.09. The fourth-order valence-electron chi connectivity index (χ4n) is 0.909. The lowest BCUT2D eigenvalue weighted by Gasteiger charge is -2.09. The average Bonchev–Trinajstić information content (AvgIpc) is 2.51. The van der Waals surface area contributed by atoms with Crippen molar-refractivity contribution >= 4 is 17.2 Å². The summed E-state index contributed by atoms with van der Waals surface area (Å²) in [7, 11) is 0. The highest BCUT2D eigenvalue weighted by atomic mass is 32.1. The molecule has 0 spiro atoms. The van der Waals surface area contributed by atoms with Crippen LogP contribution in [0, 0.1) is 6.92 Å². The molecule has 0 aromatic carbocycles. The monoisotopic (exact) mass is 220 g/mol. The van der Waals surface area contributed by atoms with Crippen LogP contribution >= 0.6 is 11.3 Å². The lowest BCUT2D eigenvalue weighted by Crippen LogP contribution is -2.31. The van der Waals surface area contributed by atoms with Gasteiger partial charge >= 0.3 is 6.43 Å². The summed E-state index contributed by atoms with van der Waals surface area (Å²) in [5.74, 6) is -1.26. The van der Waals surface area contributed by atoms with E-state index in [0.717, 1.165) is 5.69 Å². The number of thiazole rings is 1. The van der Waals surface area contributed by atoms with E-state index in [-0.39, 0.29) is 0 Å². The maximum atomic E-state index is 11.9. The van der Waals surface area contributed by atoms with Crippen molar-refractivity contribution in [3.63, 3.8) is 0 Å². The van der Waals surface area contributed by atoms with Crippen LogP contribution in [-0.4, -0.2) is 17.3 Å². The molecular weight excluding hydrogens is 210 g/mol. The van der Waals surface area contributed by atoms with Crippen LogP contribution < -0.4 is 5.32 Å². The van der Waals surface area contributed by atoms with Crippen molar-refractivity contribution in [2.75, 3.05) is 0 Å². The molecule has 0 fully saturated rings. The Balaban J connectivity index is 2.59. The van der Waals surface area contributed by atoms with Crippen molar-refractivity contribution in [3.8, 4) is 0 Å². The second-order valence-electron chi connectivity index (χ2n) is 2.86. The zero-order valence-electron chi connectivity index (χ0n) is 7.75. The average molecular weight is 220 g/mol. The maximum absolute atomic E-state index is 11.9. The van der Waals surface area contributed by atoms with Crippen molar-refractivity contribution in [2.45, 2.75) is 26.3 Å². The van der Waals surface area contributed by atoms with E-state index in [1.807, 2.05) is 6.92 Å². The minimum absolute atomic E-state index is 0.463. The van der Waals surface area contributed by atoms with Crippen LogP contribution in [0.4, 0.5) is 8.78 Å². The first kappa shape index (κ1) is 11.0. The Bertz CT molecular complexity index is 327. The van der Waals surface area contributed by atoms with Crippen LogP contribution in [0.25, 0.3) is 0 Å². The van der Waals surface area contributed by atoms with E-state index >= 15 is 0 Å². The largest absolute Gasteiger partial charge is 0.342 e. The number of rotatable bonds is 3. The van der Waals surface area contributed by atoms with Crippen LogP contribution in [0.3, 0.4) is 0 Å². The highest BCUT2D eigenvalue weighted by Crippen LogP contribution is 2.17. The van der Waals surface area contributed by atoms with Gasteiger partial charge in [0.2, 0.25) is 0 Å². The standard InChI is InChI=1S/C8H10F2N2OS/c1-4-3-14-8(11-4)5(2)12-7(13)6(9)10/h3,5-6H,1-2H3,(H,12,13). The predicted molar refractivity (Wildman–Crippen MR) is 49.4 cm³/mol. The van der Waals surface area contributed by atoms with Gasteiger partial charge in [0.15, 0.2) is 0 Å². The van der Waals surface area contributed by atoms with E-state index < -0.39 is 18.4 Å². The van der Waals surface area contributed by atoms with Gasteiger partial charge in [0, 0.05) is 11.1 Å².